The number of rotatable bonds is 5. The number of thiophene rings is 1. The maximum atomic E-state index is 13.5. The molecule has 1 saturated heterocycles. The van der Waals surface area contributed by atoms with E-state index in [4.69, 9.17) is 0 Å². The molecule has 1 aromatic heterocycles. The van der Waals surface area contributed by atoms with Gasteiger partial charge in [-0.1, -0.05) is 60.7 Å². The van der Waals surface area contributed by atoms with E-state index in [-0.39, 0.29) is 24.4 Å². The molecule has 6 nitrogen and oxygen atoms in total. The highest BCUT2D eigenvalue weighted by atomic mass is 32.1. The predicted octanol–water partition coefficient (Wildman–Crippen LogP) is 4.08. The Balaban J connectivity index is 1.41. The van der Waals surface area contributed by atoms with Crippen molar-refractivity contribution in [1.29, 1.82) is 0 Å². The minimum Gasteiger partial charge on any atom is -0.333 e. The molecule has 5 rings (SSSR count). The number of carbonyl (C=O) groups excluding carboxylic acids is 3. The smallest absolute Gasteiger partial charge is 0.325 e. The average Bonchev–Trinajstić information content (AvgIpc) is 3.41. The van der Waals surface area contributed by atoms with E-state index in [2.05, 4.69) is 5.32 Å². The van der Waals surface area contributed by atoms with Crippen LogP contribution in [0.1, 0.15) is 40.5 Å². The minimum absolute atomic E-state index is 0.293. The van der Waals surface area contributed by atoms with E-state index in [1.54, 1.807) is 23.3 Å². The molecule has 168 valence electrons. The molecule has 33 heavy (non-hydrogen) atoms. The molecule has 1 atom stereocenters. The van der Waals surface area contributed by atoms with E-state index < -0.39 is 11.6 Å². The van der Waals surface area contributed by atoms with Crippen molar-refractivity contribution in [2.75, 3.05) is 13.6 Å². The van der Waals surface area contributed by atoms with Crippen molar-refractivity contribution in [2.24, 2.45) is 0 Å². The Morgan fingerprint density at radius 3 is 2.33 bits per heavy atom. The molecule has 2 aromatic carbocycles. The number of benzene rings is 2. The van der Waals surface area contributed by atoms with Crippen molar-refractivity contribution in [3.8, 4) is 0 Å². The van der Waals surface area contributed by atoms with Gasteiger partial charge in [0.15, 0.2) is 0 Å². The zero-order valence-electron chi connectivity index (χ0n) is 18.4. The fraction of sp³-hybridized carbons (Fsp3) is 0.269. The number of hydrogen-bond acceptors (Lipinski definition) is 4. The van der Waals surface area contributed by atoms with Gasteiger partial charge >= 0.3 is 6.03 Å². The molecule has 0 saturated carbocycles. The van der Waals surface area contributed by atoms with Crippen molar-refractivity contribution in [3.05, 3.63) is 93.7 Å². The van der Waals surface area contributed by atoms with E-state index in [0.717, 1.165) is 39.3 Å². The van der Waals surface area contributed by atoms with Gasteiger partial charge in [0.05, 0.1) is 6.04 Å². The highest BCUT2D eigenvalue weighted by Crippen LogP contribution is 2.42. The summed E-state index contributed by atoms with van der Waals surface area (Å²) in [5.74, 6) is -0.626. The Bertz CT molecular complexity index is 1150. The molecule has 1 aliphatic carbocycles. The van der Waals surface area contributed by atoms with Crippen LogP contribution < -0.4 is 5.32 Å². The number of nitrogens with one attached hydrogen (secondary N) is 1. The van der Waals surface area contributed by atoms with Gasteiger partial charge in [0, 0.05) is 17.5 Å². The minimum atomic E-state index is -1.04. The number of aryl methyl sites for hydroxylation is 1. The molecule has 7 heteroatoms. The van der Waals surface area contributed by atoms with Crippen molar-refractivity contribution >= 4 is 29.2 Å². The number of fused-ring (bicyclic) bond motifs is 2. The lowest BCUT2D eigenvalue weighted by molar-refractivity contribution is -0.139. The van der Waals surface area contributed by atoms with Crippen molar-refractivity contribution < 1.29 is 14.4 Å². The monoisotopic (exact) mass is 459 g/mol. The van der Waals surface area contributed by atoms with Crippen LogP contribution in [-0.2, 0) is 21.5 Å². The summed E-state index contributed by atoms with van der Waals surface area (Å²) in [6, 6.07) is 20.6. The van der Waals surface area contributed by atoms with E-state index in [0.29, 0.717) is 6.42 Å². The normalized spacial score (nSPS) is 19.6. The Kier molecular flexibility index (Phi) is 5.50. The highest BCUT2D eigenvalue weighted by Gasteiger charge is 2.54. The highest BCUT2D eigenvalue weighted by molar-refractivity contribution is 7.10. The Labute approximate surface area is 196 Å². The third-order valence-electron chi connectivity index (χ3n) is 6.64. The van der Waals surface area contributed by atoms with E-state index in [1.807, 2.05) is 72.1 Å². The third-order valence-corrected chi connectivity index (χ3v) is 7.62. The molecule has 1 spiro atoms. The zero-order chi connectivity index (χ0) is 23.0. The second-order valence-corrected chi connectivity index (χ2v) is 9.57. The van der Waals surface area contributed by atoms with E-state index in [1.165, 1.54) is 0 Å². The van der Waals surface area contributed by atoms with Gasteiger partial charge in [-0.25, -0.2) is 4.79 Å². The van der Waals surface area contributed by atoms with Crippen LogP contribution in [-0.4, -0.2) is 41.2 Å². The molecule has 1 aliphatic heterocycles. The summed E-state index contributed by atoms with van der Waals surface area (Å²) < 4.78 is 0. The van der Waals surface area contributed by atoms with Crippen molar-refractivity contribution in [3.63, 3.8) is 0 Å². The second-order valence-electron chi connectivity index (χ2n) is 8.57. The Morgan fingerprint density at radius 1 is 1.06 bits per heavy atom. The molecule has 1 N–H and O–H groups in total. The van der Waals surface area contributed by atoms with Gasteiger partial charge in [0.25, 0.3) is 5.91 Å². The second kappa shape index (κ2) is 8.48. The number of carbonyl (C=O) groups is 3. The van der Waals surface area contributed by atoms with E-state index in [9.17, 15) is 14.4 Å². The van der Waals surface area contributed by atoms with Gasteiger partial charge < -0.3 is 10.2 Å². The predicted molar refractivity (Wildman–Crippen MR) is 127 cm³/mol. The number of imide groups is 1. The van der Waals surface area contributed by atoms with Gasteiger partial charge in [-0.15, -0.1) is 11.3 Å². The van der Waals surface area contributed by atoms with Crippen molar-refractivity contribution in [1.82, 2.24) is 15.1 Å². The van der Waals surface area contributed by atoms with Gasteiger partial charge in [-0.05, 0) is 41.8 Å². The van der Waals surface area contributed by atoms with Gasteiger partial charge in [0.2, 0.25) is 5.91 Å². The molecule has 0 radical (unpaired) electrons. The molecule has 0 bridgehead atoms. The molecular formula is C26H25N3O3S. The first-order valence-electron chi connectivity index (χ1n) is 11.1. The van der Waals surface area contributed by atoms with Gasteiger partial charge in [0.1, 0.15) is 12.1 Å². The number of amides is 4. The molecular weight excluding hydrogens is 434 g/mol. The Hall–Kier alpha value is -3.45. The SMILES string of the molecule is CN(C(=O)CN1C(=O)NC2(CCCc3sccc32)C1=O)C(c1ccccc1)c1ccccc1. The van der Waals surface area contributed by atoms with Gasteiger partial charge in [-0.3, -0.25) is 14.5 Å². The van der Waals surface area contributed by atoms with Gasteiger partial charge in [-0.2, -0.15) is 0 Å². The van der Waals surface area contributed by atoms with Crippen LogP contribution in [0.3, 0.4) is 0 Å². The van der Waals surface area contributed by atoms with Crippen LogP contribution in [0, 0.1) is 0 Å². The molecule has 2 heterocycles. The van der Waals surface area contributed by atoms with Crippen LogP contribution >= 0.6 is 11.3 Å². The molecule has 2 aliphatic rings. The fourth-order valence-corrected chi connectivity index (χ4v) is 5.99. The van der Waals surface area contributed by atoms with Crippen LogP contribution in [0.4, 0.5) is 4.79 Å². The van der Waals surface area contributed by atoms with Crippen LogP contribution in [0.2, 0.25) is 0 Å². The summed E-state index contributed by atoms with van der Waals surface area (Å²) in [6.45, 7) is -0.293. The van der Waals surface area contributed by atoms with Crippen LogP contribution in [0.25, 0.3) is 0 Å². The molecule has 1 unspecified atom stereocenters. The summed E-state index contributed by atoms with van der Waals surface area (Å²) in [6.07, 6.45) is 2.29. The van der Waals surface area contributed by atoms with Crippen LogP contribution in [0.15, 0.2) is 72.1 Å². The summed E-state index contributed by atoms with van der Waals surface area (Å²) in [4.78, 5) is 43.6. The molecule has 4 amide bonds. The first-order chi connectivity index (χ1) is 16.0. The maximum Gasteiger partial charge on any atom is 0.325 e. The molecule has 3 aromatic rings. The topological polar surface area (TPSA) is 69.7 Å². The quantitative estimate of drug-likeness (QED) is 0.585. The maximum absolute atomic E-state index is 13.5. The summed E-state index contributed by atoms with van der Waals surface area (Å²) >= 11 is 1.61. The number of hydrogen-bond donors (Lipinski definition) is 1. The average molecular weight is 460 g/mol. The first kappa shape index (κ1) is 21.4. The molecule has 1 fully saturated rings. The first-order valence-corrected chi connectivity index (χ1v) is 12.0. The largest absolute Gasteiger partial charge is 0.333 e. The van der Waals surface area contributed by atoms with E-state index >= 15 is 0 Å². The summed E-state index contributed by atoms with van der Waals surface area (Å²) in [5.41, 5.74) is 1.76. The summed E-state index contributed by atoms with van der Waals surface area (Å²) in [5, 5.41) is 4.88. The number of likely N-dealkylation sites (N-methyl/N-ethyl adjacent to an activating group) is 1. The van der Waals surface area contributed by atoms with Crippen LogP contribution in [0.5, 0.6) is 0 Å². The number of urea groups is 1. The third kappa shape index (κ3) is 3.62. The zero-order valence-corrected chi connectivity index (χ0v) is 19.2. The standard InChI is InChI=1S/C26H25N3O3S/c1-28(23(18-9-4-2-5-10-18)19-11-6-3-7-12-19)22(30)17-29-24(31)26(27-25(29)32)15-8-13-21-20(26)14-16-33-21/h2-7,9-12,14,16,23H,8,13,15,17H2,1H3,(H,27,32). The lowest BCUT2D eigenvalue weighted by Gasteiger charge is -2.32. The fourth-order valence-electron chi connectivity index (χ4n) is 4.99. The Morgan fingerprint density at radius 2 is 1.70 bits per heavy atom. The number of nitrogens with zero attached hydrogens (tertiary/aromatic N) is 2. The summed E-state index contributed by atoms with van der Waals surface area (Å²) in [7, 11) is 1.72. The van der Waals surface area contributed by atoms with Crippen molar-refractivity contribution in [2.45, 2.75) is 30.8 Å². The lowest BCUT2D eigenvalue weighted by Crippen LogP contribution is -2.47. The lowest BCUT2D eigenvalue weighted by atomic mass is 9.80.